The zero-order valence-corrected chi connectivity index (χ0v) is 12.1. The standard InChI is InChI=1S/C15H17NO5/c1-15-7-9(11(13(17)16-15)14(18)20-3)8-5-4-6-10(19-2)12(8)21-15/h4-6,9,11H,7H2,1-3H3,(H,16,17)/t9-,11+,15-/m1/s1. The van der Waals surface area contributed by atoms with Crippen molar-refractivity contribution in [3.63, 3.8) is 0 Å². The molecule has 112 valence electrons. The van der Waals surface area contributed by atoms with Gasteiger partial charge in [-0.2, -0.15) is 0 Å². The maximum Gasteiger partial charge on any atom is 0.318 e. The van der Waals surface area contributed by atoms with Crippen LogP contribution in [0.4, 0.5) is 0 Å². The Kier molecular flexibility index (Phi) is 3.04. The van der Waals surface area contributed by atoms with Gasteiger partial charge >= 0.3 is 5.97 Å². The lowest BCUT2D eigenvalue weighted by Gasteiger charge is -2.46. The summed E-state index contributed by atoms with van der Waals surface area (Å²) in [5.74, 6) is -0.881. The summed E-state index contributed by atoms with van der Waals surface area (Å²) in [4.78, 5) is 24.2. The lowest BCUT2D eigenvalue weighted by atomic mass is 9.74. The fourth-order valence-corrected chi connectivity index (χ4v) is 3.18. The lowest BCUT2D eigenvalue weighted by Crippen LogP contribution is -2.62. The molecular weight excluding hydrogens is 274 g/mol. The van der Waals surface area contributed by atoms with Crippen LogP contribution in [0.15, 0.2) is 18.2 Å². The minimum Gasteiger partial charge on any atom is -0.493 e. The monoisotopic (exact) mass is 291 g/mol. The molecule has 3 rings (SSSR count). The van der Waals surface area contributed by atoms with E-state index in [1.54, 1.807) is 20.1 Å². The number of benzene rings is 1. The predicted octanol–water partition coefficient (Wildman–Crippen LogP) is 1.20. The van der Waals surface area contributed by atoms with Crippen molar-refractivity contribution < 1.29 is 23.8 Å². The number of carbonyl (C=O) groups is 2. The largest absolute Gasteiger partial charge is 0.493 e. The van der Waals surface area contributed by atoms with E-state index in [1.165, 1.54) is 7.11 Å². The molecule has 0 radical (unpaired) electrons. The van der Waals surface area contributed by atoms with Crippen molar-refractivity contribution in [3.05, 3.63) is 23.8 Å². The molecule has 1 amide bonds. The topological polar surface area (TPSA) is 73.9 Å². The SMILES string of the molecule is COC(=O)[C@@H]1C(=O)N[C@@]2(C)C[C@@H]1c1cccc(OC)c1O2. The number of ether oxygens (including phenoxy) is 3. The molecule has 1 fully saturated rings. The van der Waals surface area contributed by atoms with Gasteiger partial charge in [-0.3, -0.25) is 9.59 Å². The summed E-state index contributed by atoms with van der Waals surface area (Å²) < 4.78 is 16.0. The number of fused-ring (bicyclic) bond motifs is 4. The van der Waals surface area contributed by atoms with Crippen LogP contribution in [0.3, 0.4) is 0 Å². The molecule has 1 aromatic carbocycles. The quantitative estimate of drug-likeness (QED) is 0.654. The summed E-state index contributed by atoms with van der Waals surface area (Å²) in [6.07, 6.45) is 0.513. The minimum absolute atomic E-state index is 0.282. The zero-order valence-electron chi connectivity index (χ0n) is 12.1. The fourth-order valence-electron chi connectivity index (χ4n) is 3.18. The Hall–Kier alpha value is -2.24. The third kappa shape index (κ3) is 2.02. The Balaban J connectivity index is 2.14. The van der Waals surface area contributed by atoms with E-state index in [2.05, 4.69) is 5.32 Å². The molecule has 0 spiro atoms. The van der Waals surface area contributed by atoms with Gasteiger partial charge in [0.2, 0.25) is 5.91 Å². The Morgan fingerprint density at radius 3 is 2.86 bits per heavy atom. The normalized spacial score (nSPS) is 29.8. The van der Waals surface area contributed by atoms with E-state index in [-0.39, 0.29) is 11.8 Å². The first-order valence-corrected chi connectivity index (χ1v) is 6.75. The third-order valence-electron chi connectivity index (χ3n) is 4.09. The maximum atomic E-state index is 12.3. The Bertz CT molecular complexity index is 614. The van der Waals surface area contributed by atoms with Crippen LogP contribution in [0.25, 0.3) is 0 Å². The molecule has 2 bridgehead atoms. The Morgan fingerprint density at radius 1 is 1.43 bits per heavy atom. The van der Waals surface area contributed by atoms with Gasteiger partial charge in [-0.25, -0.2) is 0 Å². The first kappa shape index (κ1) is 13.7. The number of methoxy groups -OCH3 is 2. The highest BCUT2D eigenvalue weighted by Crippen LogP contribution is 2.50. The summed E-state index contributed by atoms with van der Waals surface area (Å²) >= 11 is 0. The molecular formula is C15H17NO5. The number of rotatable bonds is 2. The number of hydrogen-bond acceptors (Lipinski definition) is 5. The molecule has 2 heterocycles. The second kappa shape index (κ2) is 4.65. The maximum absolute atomic E-state index is 12.3. The van der Waals surface area contributed by atoms with Crippen molar-refractivity contribution in [2.45, 2.75) is 25.0 Å². The van der Waals surface area contributed by atoms with Crippen LogP contribution in [0.2, 0.25) is 0 Å². The van der Waals surface area contributed by atoms with Crippen molar-refractivity contribution in [1.82, 2.24) is 5.32 Å². The van der Waals surface area contributed by atoms with E-state index in [0.29, 0.717) is 17.9 Å². The van der Waals surface area contributed by atoms with E-state index >= 15 is 0 Å². The fraction of sp³-hybridized carbons (Fsp3) is 0.467. The number of esters is 1. The molecule has 0 aromatic heterocycles. The Morgan fingerprint density at radius 2 is 2.19 bits per heavy atom. The van der Waals surface area contributed by atoms with Crippen LogP contribution in [-0.4, -0.2) is 31.8 Å². The molecule has 6 nitrogen and oxygen atoms in total. The third-order valence-corrected chi connectivity index (χ3v) is 4.09. The summed E-state index contributed by atoms with van der Waals surface area (Å²) in [5, 5.41) is 2.76. The van der Waals surface area contributed by atoms with Crippen LogP contribution in [-0.2, 0) is 14.3 Å². The van der Waals surface area contributed by atoms with Crippen molar-refractivity contribution in [3.8, 4) is 11.5 Å². The number of para-hydroxylation sites is 1. The van der Waals surface area contributed by atoms with E-state index in [0.717, 1.165) is 5.56 Å². The number of piperidine rings is 1. The second-order valence-electron chi connectivity index (χ2n) is 5.51. The van der Waals surface area contributed by atoms with E-state index in [1.807, 2.05) is 12.1 Å². The number of nitrogens with one attached hydrogen (secondary N) is 1. The van der Waals surface area contributed by atoms with Gasteiger partial charge in [0.25, 0.3) is 0 Å². The average Bonchev–Trinajstić information content (AvgIpc) is 2.45. The van der Waals surface area contributed by atoms with Gasteiger partial charge in [0.1, 0.15) is 5.92 Å². The number of amides is 1. The minimum atomic E-state index is -0.863. The van der Waals surface area contributed by atoms with E-state index in [9.17, 15) is 9.59 Å². The average molecular weight is 291 g/mol. The van der Waals surface area contributed by atoms with Gasteiger partial charge < -0.3 is 19.5 Å². The predicted molar refractivity (Wildman–Crippen MR) is 73.0 cm³/mol. The van der Waals surface area contributed by atoms with Gasteiger partial charge in [-0.05, 0) is 13.0 Å². The van der Waals surface area contributed by atoms with E-state index in [4.69, 9.17) is 14.2 Å². The van der Waals surface area contributed by atoms with Crippen LogP contribution >= 0.6 is 0 Å². The smallest absolute Gasteiger partial charge is 0.318 e. The van der Waals surface area contributed by atoms with Crippen LogP contribution in [0, 0.1) is 5.92 Å². The van der Waals surface area contributed by atoms with Crippen LogP contribution < -0.4 is 14.8 Å². The lowest BCUT2D eigenvalue weighted by molar-refractivity contribution is -0.158. The molecule has 1 aromatic rings. The van der Waals surface area contributed by atoms with Gasteiger partial charge in [0.05, 0.1) is 14.2 Å². The first-order chi connectivity index (χ1) is 9.99. The van der Waals surface area contributed by atoms with Crippen molar-refractivity contribution in [1.29, 1.82) is 0 Å². The molecule has 1 saturated heterocycles. The zero-order chi connectivity index (χ0) is 15.2. The molecule has 21 heavy (non-hydrogen) atoms. The van der Waals surface area contributed by atoms with Crippen molar-refractivity contribution in [2.75, 3.05) is 14.2 Å². The molecule has 2 aliphatic heterocycles. The highest BCUT2D eigenvalue weighted by Gasteiger charge is 2.52. The summed E-state index contributed by atoms with van der Waals surface area (Å²) in [6, 6.07) is 5.47. The van der Waals surface area contributed by atoms with Gasteiger partial charge in [0.15, 0.2) is 17.2 Å². The van der Waals surface area contributed by atoms with Gasteiger partial charge in [0, 0.05) is 17.9 Å². The second-order valence-corrected chi connectivity index (χ2v) is 5.51. The van der Waals surface area contributed by atoms with Crippen LogP contribution in [0.5, 0.6) is 11.5 Å². The molecule has 1 N–H and O–H groups in total. The van der Waals surface area contributed by atoms with Crippen LogP contribution in [0.1, 0.15) is 24.8 Å². The number of hydrogen-bond donors (Lipinski definition) is 1. The molecule has 6 heteroatoms. The van der Waals surface area contributed by atoms with Crippen molar-refractivity contribution >= 4 is 11.9 Å². The molecule has 0 unspecified atom stereocenters. The molecule has 0 saturated carbocycles. The number of carbonyl (C=O) groups excluding carboxylic acids is 2. The van der Waals surface area contributed by atoms with Gasteiger partial charge in [-0.15, -0.1) is 0 Å². The molecule has 2 aliphatic rings. The highest BCUT2D eigenvalue weighted by atomic mass is 16.5. The Labute approximate surface area is 122 Å². The summed E-state index contributed by atoms with van der Waals surface area (Å²) in [5.41, 5.74) is -0.0365. The molecule has 3 atom stereocenters. The van der Waals surface area contributed by atoms with E-state index < -0.39 is 17.6 Å². The summed E-state index contributed by atoms with van der Waals surface area (Å²) in [6.45, 7) is 1.79. The first-order valence-electron chi connectivity index (χ1n) is 6.75. The molecule has 0 aliphatic carbocycles. The van der Waals surface area contributed by atoms with Gasteiger partial charge in [-0.1, -0.05) is 12.1 Å². The summed E-state index contributed by atoms with van der Waals surface area (Å²) in [7, 11) is 2.84. The highest BCUT2D eigenvalue weighted by molar-refractivity contribution is 6.00. The van der Waals surface area contributed by atoms with Crippen molar-refractivity contribution in [2.24, 2.45) is 5.92 Å².